The molecule has 1 aromatic heterocycles. The molecule has 0 unspecified atom stereocenters. The Labute approximate surface area is 137 Å². The molecule has 23 heavy (non-hydrogen) atoms. The lowest BCUT2D eigenvalue weighted by Crippen LogP contribution is -2.42. The average Bonchev–Trinajstić information content (AvgIpc) is 3.03. The van der Waals surface area contributed by atoms with Gasteiger partial charge in [-0.15, -0.1) is 0 Å². The molecule has 1 aliphatic heterocycles. The van der Waals surface area contributed by atoms with Crippen molar-refractivity contribution in [1.82, 2.24) is 14.9 Å². The topological polar surface area (TPSA) is 33.1 Å². The first-order chi connectivity index (χ1) is 11.1. The third kappa shape index (κ3) is 3.72. The van der Waals surface area contributed by atoms with Crippen molar-refractivity contribution in [2.45, 2.75) is 45.3 Å². The van der Waals surface area contributed by atoms with Crippen LogP contribution in [0.2, 0.25) is 0 Å². The highest BCUT2D eigenvalue weighted by molar-refractivity contribution is 5.47. The molecule has 0 bridgehead atoms. The van der Waals surface area contributed by atoms with E-state index in [1.54, 1.807) is 6.07 Å². The molecule has 0 saturated carbocycles. The minimum absolute atomic E-state index is 0.127. The molecule has 5 heteroatoms. The van der Waals surface area contributed by atoms with Crippen LogP contribution in [0.4, 0.5) is 10.1 Å². The first kappa shape index (κ1) is 16.0. The van der Waals surface area contributed by atoms with Gasteiger partial charge in [0.25, 0.3) is 0 Å². The first-order valence-electron chi connectivity index (χ1n) is 8.39. The van der Waals surface area contributed by atoms with Crippen molar-refractivity contribution in [1.29, 1.82) is 0 Å². The first-order valence-corrected chi connectivity index (χ1v) is 8.39. The van der Waals surface area contributed by atoms with Gasteiger partial charge < -0.3 is 14.8 Å². The summed E-state index contributed by atoms with van der Waals surface area (Å²) in [5.74, 6) is 0.953. The third-order valence-corrected chi connectivity index (χ3v) is 4.54. The molecular weight excluding hydrogens is 291 g/mol. The Bertz CT molecular complexity index is 629. The van der Waals surface area contributed by atoms with Crippen molar-refractivity contribution in [3.8, 4) is 0 Å². The smallest absolute Gasteiger partial charge is 0.146 e. The number of imidazole rings is 1. The van der Waals surface area contributed by atoms with E-state index >= 15 is 0 Å². The lowest BCUT2D eigenvalue weighted by atomic mass is 10.0. The van der Waals surface area contributed by atoms with Gasteiger partial charge in [0.15, 0.2) is 0 Å². The third-order valence-electron chi connectivity index (χ3n) is 4.54. The maximum atomic E-state index is 13.9. The van der Waals surface area contributed by atoms with Gasteiger partial charge in [-0.05, 0) is 38.8 Å². The zero-order valence-corrected chi connectivity index (χ0v) is 13.9. The molecule has 0 amide bonds. The second-order valence-corrected chi connectivity index (χ2v) is 6.44. The molecule has 1 aromatic carbocycles. The van der Waals surface area contributed by atoms with Crippen LogP contribution < -0.4 is 10.2 Å². The molecule has 0 radical (unpaired) electrons. The molecule has 1 fully saturated rings. The van der Waals surface area contributed by atoms with Crippen LogP contribution in [0.25, 0.3) is 0 Å². The standard InChI is InChI=1S/C18H25FN4/c1-14(2)23-12-9-20-18(23)13-21-15-7-10-22(11-8-15)17-6-4-3-5-16(17)19/h3-6,9,12,14-15,21H,7-8,10-11,13H2,1-2H3. The van der Waals surface area contributed by atoms with E-state index in [1.165, 1.54) is 6.07 Å². The lowest BCUT2D eigenvalue weighted by molar-refractivity contribution is 0.400. The predicted octanol–water partition coefficient (Wildman–Crippen LogP) is 3.36. The highest BCUT2D eigenvalue weighted by Crippen LogP contribution is 2.23. The highest BCUT2D eigenvalue weighted by atomic mass is 19.1. The van der Waals surface area contributed by atoms with Crippen molar-refractivity contribution >= 4 is 5.69 Å². The van der Waals surface area contributed by atoms with Gasteiger partial charge in [0.2, 0.25) is 0 Å². The van der Waals surface area contributed by atoms with Crippen LogP contribution in [0.5, 0.6) is 0 Å². The summed E-state index contributed by atoms with van der Waals surface area (Å²) in [5, 5.41) is 3.60. The minimum Gasteiger partial charge on any atom is -0.369 e. The van der Waals surface area contributed by atoms with E-state index in [0.717, 1.165) is 44.0 Å². The number of para-hydroxylation sites is 1. The fourth-order valence-corrected chi connectivity index (χ4v) is 3.22. The number of hydrogen-bond acceptors (Lipinski definition) is 3. The number of halogens is 1. The Morgan fingerprint density at radius 2 is 2.00 bits per heavy atom. The second-order valence-electron chi connectivity index (χ2n) is 6.44. The van der Waals surface area contributed by atoms with Gasteiger partial charge in [-0.1, -0.05) is 12.1 Å². The Morgan fingerprint density at radius 3 is 2.70 bits per heavy atom. The van der Waals surface area contributed by atoms with E-state index in [0.29, 0.717) is 12.1 Å². The van der Waals surface area contributed by atoms with Gasteiger partial charge in [-0.3, -0.25) is 0 Å². The van der Waals surface area contributed by atoms with Crippen LogP contribution in [0.3, 0.4) is 0 Å². The summed E-state index contributed by atoms with van der Waals surface area (Å²) in [6.45, 7) is 6.89. The zero-order valence-electron chi connectivity index (χ0n) is 13.9. The number of nitrogens with zero attached hydrogens (tertiary/aromatic N) is 3. The SMILES string of the molecule is CC(C)n1ccnc1CNC1CCN(c2ccccc2F)CC1. The van der Waals surface area contributed by atoms with E-state index in [9.17, 15) is 4.39 Å². The maximum Gasteiger partial charge on any atom is 0.146 e. The number of anilines is 1. The summed E-state index contributed by atoms with van der Waals surface area (Å²) in [7, 11) is 0. The molecule has 0 spiro atoms. The van der Waals surface area contributed by atoms with Gasteiger partial charge in [-0.2, -0.15) is 0 Å². The number of benzene rings is 1. The van der Waals surface area contributed by atoms with Gasteiger partial charge in [0.05, 0.1) is 12.2 Å². The largest absolute Gasteiger partial charge is 0.369 e. The van der Waals surface area contributed by atoms with Crippen molar-refractivity contribution in [2.24, 2.45) is 0 Å². The van der Waals surface area contributed by atoms with Crippen LogP contribution >= 0.6 is 0 Å². The number of nitrogens with one attached hydrogen (secondary N) is 1. The molecular formula is C18H25FN4. The van der Waals surface area contributed by atoms with Crippen LogP contribution in [0.15, 0.2) is 36.7 Å². The molecule has 2 aromatic rings. The molecule has 124 valence electrons. The van der Waals surface area contributed by atoms with Gasteiger partial charge in [0.1, 0.15) is 11.6 Å². The van der Waals surface area contributed by atoms with Crippen molar-refractivity contribution in [3.05, 3.63) is 48.3 Å². The number of piperidine rings is 1. The van der Waals surface area contributed by atoms with E-state index < -0.39 is 0 Å². The van der Waals surface area contributed by atoms with E-state index in [4.69, 9.17) is 0 Å². The number of aromatic nitrogens is 2. The van der Waals surface area contributed by atoms with Crippen LogP contribution in [-0.4, -0.2) is 28.7 Å². The normalized spacial score (nSPS) is 16.3. The quantitative estimate of drug-likeness (QED) is 0.918. The maximum absolute atomic E-state index is 13.9. The summed E-state index contributed by atoms with van der Waals surface area (Å²) in [6.07, 6.45) is 5.94. The Kier molecular flexibility index (Phi) is 4.96. The van der Waals surface area contributed by atoms with Crippen LogP contribution in [-0.2, 0) is 6.54 Å². The second kappa shape index (κ2) is 7.13. The summed E-state index contributed by atoms with van der Waals surface area (Å²) >= 11 is 0. The molecule has 0 atom stereocenters. The minimum atomic E-state index is -0.127. The van der Waals surface area contributed by atoms with E-state index in [-0.39, 0.29) is 5.82 Å². The molecule has 4 nitrogen and oxygen atoms in total. The molecule has 0 aliphatic carbocycles. The monoisotopic (exact) mass is 316 g/mol. The highest BCUT2D eigenvalue weighted by Gasteiger charge is 2.21. The van der Waals surface area contributed by atoms with Gasteiger partial charge in [0, 0.05) is 37.6 Å². The Balaban J connectivity index is 1.52. The summed E-state index contributed by atoms with van der Waals surface area (Å²) in [6, 6.07) is 7.93. The zero-order chi connectivity index (χ0) is 16.2. The summed E-state index contributed by atoms with van der Waals surface area (Å²) < 4.78 is 16.1. The fraction of sp³-hybridized carbons (Fsp3) is 0.500. The number of rotatable bonds is 5. The molecule has 1 aliphatic rings. The van der Waals surface area contributed by atoms with Crippen LogP contribution in [0, 0.1) is 5.82 Å². The van der Waals surface area contributed by atoms with Crippen molar-refractivity contribution < 1.29 is 4.39 Å². The van der Waals surface area contributed by atoms with E-state index in [1.807, 2.05) is 24.5 Å². The molecule has 1 N–H and O–H groups in total. The Morgan fingerprint density at radius 1 is 1.26 bits per heavy atom. The predicted molar refractivity (Wildman–Crippen MR) is 91.1 cm³/mol. The summed E-state index contributed by atoms with van der Waals surface area (Å²) in [4.78, 5) is 6.58. The van der Waals surface area contributed by atoms with Crippen molar-refractivity contribution in [3.63, 3.8) is 0 Å². The molecule has 2 heterocycles. The van der Waals surface area contributed by atoms with Crippen molar-refractivity contribution in [2.75, 3.05) is 18.0 Å². The molecule has 1 saturated heterocycles. The number of hydrogen-bond donors (Lipinski definition) is 1. The summed E-state index contributed by atoms with van der Waals surface area (Å²) in [5.41, 5.74) is 0.723. The van der Waals surface area contributed by atoms with Gasteiger partial charge >= 0.3 is 0 Å². The fourth-order valence-electron chi connectivity index (χ4n) is 3.22. The Hall–Kier alpha value is -1.88. The average molecular weight is 316 g/mol. The molecule has 3 rings (SSSR count). The van der Waals surface area contributed by atoms with Gasteiger partial charge in [-0.25, -0.2) is 9.37 Å². The van der Waals surface area contributed by atoms with E-state index in [2.05, 4.69) is 33.6 Å². The van der Waals surface area contributed by atoms with Crippen LogP contribution in [0.1, 0.15) is 38.6 Å². The lowest BCUT2D eigenvalue weighted by Gasteiger charge is -2.34.